The first-order valence-electron chi connectivity index (χ1n) is 8.72. The highest BCUT2D eigenvalue weighted by molar-refractivity contribution is 5.88. The van der Waals surface area contributed by atoms with Gasteiger partial charge in [0.05, 0.1) is 11.0 Å². The van der Waals surface area contributed by atoms with E-state index in [0.29, 0.717) is 17.0 Å². The smallest absolute Gasteiger partial charge is 0.360 e. The number of nitrogens with zero attached hydrogens (tertiary/aromatic N) is 2. The lowest BCUT2D eigenvalue weighted by atomic mass is 9.79. The Morgan fingerprint density at radius 1 is 1.38 bits per heavy atom. The van der Waals surface area contributed by atoms with Gasteiger partial charge in [0.2, 0.25) is 5.69 Å². The molecule has 1 N–H and O–H groups in total. The molecule has 5 heteroatoms. The second-order valence-corrected chi connectivity index (χ2v) is 7.15. The number of carbonyl (C=O) groups is 1. The zero-order valence-corrected chi connectivity index (χ0v) is 14.2. The van der Waals surface area contributed by atoms with Crippen LogP contribution < -0.4 is 5.56 Å². The third kappa shape index (κ3) is 3.21. The van der Waals surface area contributed by atoms with Gasteiger partial charge in [0.15, 0.2) is 0 Å². The fourth-order valence-electron chi connectivity index (χ4n) is 4.09. The van der Waals surface area contributed by atoms with Crippen LogP contribution in [0.15, 0.2) is 29.1 Å². The van der Waals surface area contributed by atoms with Gasteiger partial charge in [-0.05, 0) is 43.7 Å². The molecule has 1 fully saturated rings. The van der Waals surface area contributed by atoms with Crippen molar-refractivity contribution in [2.75, 3.05) is 0 Å². The highest BCUT2D eigenvalue weighted by atomic mass is 16.4. The molecule has 1 aromatic heterocycles. The molecule has 0 amide bonds. The Bertz CT molecular complexity index is 812. The number of carboxylic acid groups (broad SMARTS) is 1. The van der Waals surface area contributed by atoms with E-state index < -0.39 is 17.2 Å². The van der Waals surface area contributed by atoms with Gasteiger partial charge in [-0.15, -0.1) is 0 Å². The average Bonchev–Trinajstić information content (AvgIpc) is 2.53. The molecule has 1 heterocycles. The Labute approximate surface area is 141 Å². The summed E-state index contributed by atoms with van der Waals surface area (Å²) in [5.41, 5.74) is 0.373. The topological polar surface area (TPSA) is 72.2 Å². The third-order valence-corrected chi connectivity index (χ3v) is 5.16. The molecule has 0 aliphatic heterocycles. The number of para-hydroxylation sites is 2. The van der Waals surface area contributed by atoms with Gasteiger partial charge < -0.3 is 9.67 Å². The minimum absolute atomic E-state index is 0.0428. The van der Waals surface area contributed by atoms with E-state index in [1.54, 1.807) is 10.6 Å². The molecular weight excluding hydrogens is 304 g/mol. The quantitative estimate of drug-likeness (QED) is 0.924. The first-order chi connectivity index (χ1) is 11.5. The molecule has 2 aromatic rings. The molecule has 1 aromatic carbocycles. The molecule has 1 unspecified atom stereocenters. The van der Waals surface area contributed by atoms with Crippen LogP contribution >= 0.6 is 0 Å². The van der Waals surface area contributed by atoms with E-state index >= 15 is 0 Å². The summed E-state index contributed by atoms with van der Waals surface area (Å²) in [6, 6.07) is 7.22. The van der Waals surface area contributed by atoms with Crippen molar-refractivity contribution in [3.05, 3.63) is 40.3 Å². The second kappa shape index (κ2) is 6.75. The molecule has 1 aliphatic rings. The normalized spacial score (nSPS) is 22.4. The molecule has 0 saturated heterocycles. The Kier molecular flexibility index (Phi) is 4.69. The van der Waals surface area contributed by atoms with Gasteiger partial charge in [-0.25, -0.2) is 9.78 Å². The maximum atomic E-state index is 12.7. The summed E-state index contributed by atoms with van der Waals surface area (Å²) in [7, 11) is 0. The summed E-state index contributed by atoms with van der Waals surface area (Å²) < 4.78 is 1.63. The SMILES string of the molecule is CC1CCC[C@@H](C[C@H](C)n2c(=O)c(C(=O)O)nc3ccccc32)C1. The number of hydrogen-bond acceptors (Lipinski definition) is 3. The lowest BCUT2D eigenvalue weighted by Crippen LogP contribution is -2.31. The number of rotatable bonds is 4. The second-order valence-electron chi connectivity index (χ2n) is 7.15. The highest BCUT2D eigenvalue weighted by Crippen LogP contribution is 2.34. The molecule has 0 radical (unpaired) electrons. The van der Waals surface area contributed by atoms with E-state index in [2.05, 4.69) is 11.9 Å². The maximum absolute atomic E-state index is 12.7. The largest absolute Gasteiger partial charge is 0.476 e. The molecule has 5 nitrogen and oxygen atoms in total. The lowest BCUT2D eigenvalue weighted by Gasteiger charge is -2.29. The zero-order chi connectivity index (χ0) is 17.3. The number of hydrogen-bond donors (Lipinski definition) is 1. The van der Waals surface area contributed by atoms with Crippen molar-refractivity contribution in [1.82, 2.24) is 9.55 Å². The predicted octanol–water partition coefficient (Wildman–Crippen LogP) is 3.87. The Morgan fingerprint density at radius 2 is 2.12 bits per heavy atom. The summed E-state index contributed by atoms with van der Waals surface area (Å²) in [6.07, 6.45) is 5.81. The standard InChI is InChI=1S/C19H24N2O3/c1-12-6-5-7-14(10-12)11-13(2)21-16-9-4-3-8-15(16)20-17(18(21)22)19(23)24/h3-4,8-9,12-14H,5-7,10-11H2,1-2H3,(H,23,24)/t12?,13-,14+/m0/s1. The van der Waals surface area contributed by atoms with Crippen molar-refractivity contribution in [1.29, 1.82) is 0 Å². The van der Waals surface area contributed by atoms with Crippen LogP contribution in [0.5, 0.6) is 0 Å². The first kappa shape index (κ1) is 16.7. The van der Waals surface area contributed by atoms with Gasteiger partial charge in [0, 0.05) is 6.04 Å². The molecule has 128 valence electrons. The summed E-state index contributed by atoms with van der Waals surface area (Å²) in [5.74, 6) is 0.0604. The van der Waals surface area contributed by atoms with Crippen LogP contribution in [0.2, 0.25) is 0 Å². The Balaban J connectivity index is 2.02. The number of benzene rings is 1. The minimum Gasteiger partial charge on any atom is -0.476 e. The van der Waals surface area contributed by atoms with Gasteiger partial charge in [-0.2, -0.15) is 0 Å². The Hall–Kier alpha value is -2.17. The molecular formula is C19H24N2O3. The molecule has 24 heavy (non-hydrogen) atoms. The van der Waals surface area contributed by atoms with Crippen molar-refractivity contribution in [2.24, 2.45) is 11.8 Å². The van der Waals surface area contributed by atoms with E-state index in [0.717, 1.165) is 12.3 Å². The summed E-state index contributed by atoms with van der Waals surface area (Å²) in [4.78, 5) is 28.1. The van der Waals surface area contributed by atoms with Crippen LogP contribution in [-0.2, 0) is 0 Å². The molecule has 0 bridgehead atoms. The number of aromatic nitrogens is 2. The maximum Gasteiger partial charge on any atom is 0.360 e. The summed E-state index contributed by atoms with van der Waals surface area (Å²) in [5, 5.41) is 9.31. The van der Waals surface area contributed by atoms with Gasteiger partial charge in [-0.3, -0.25) is 4.79 Å². The molecule has 3 rings (SSSR count). The van der Waals surface area contributed by atoms with Crippen molar-refractivity contribution in [2.45, 2.75) is 52.0 Å². The average molecular weight is 328 g/mol. The third-order valence-electron chi connectivity index (χ3n) is 5.16. The number of carboxylic acids is 1. The van der Waals surface area contributed by atoms with E-state index in [4.69, 9.17) is 0 Å². The van der Waals surface area contributed by atoms with Gasteiger partial charge in [0.1, 0.15) is 0 Å². The first-order valence-corrected chi connectivity index (χ1v) is 8.72. The van der Waals surface area contributed by atoms with Crippen LogP contribution in [0.25, 0.3) is 11.0 Å². The van der Waals surface area contributed by atoms with E-state index in [9.17, 15) is 14.7 Å². The van der Waals surface area contributed by atoms with Crippen molar-refractivity contribution < 1.29 is 9.90 Å². The van der Waals surface area contributed by atoms with Gasteiger partial charge in [-0.1, -0.05) is 38.3 Å². The van der Waals surface area contributed by atoms with E-state index in [1.165, 1.54) is 25.7 Å². The summed E-state index contributed by atoms with van der Waals surface area (Å²) >= 11 is 0. The van der Waals surface area contributed by atoms with Crippen LogP contribution in [0.3, 0.4) is 0 Å². The van der Waals surface area contributed by atoms with Gasteiger partial charge >= 0.3 is 5.97 Å². The summed E-state index contributed by atoms with van der Waals surface area (Å²) in [6.45, 7) is 4.30. The van der Waals surface area contributed by atoms with E-state index in [-0.39, 0.29) is 6.04 Å². The molecule has 3 atom stereocenters. The fraction of sp³-hybridized carbons (Fsp3) is 0.526. The van der Waals surface area contributed by atoms with Crippen LogP contribution in [0, 0.1) is 11.8 Å². The highest BCUT2D eigenvalue weighted by Gasteiger charge is 2.24. The monoisotopic (exact) mass is 328 g/mol. The molecule has 1 saturated carbocycles. The number of fused-ring (bicyclic) bond motifs is 1. The van der Waals surface area contributed by atoms with E-state index in [1.807, 2.05) is 25.1 Å². The van der Waals surface area contributed by atoms with Crippen LogP contribution in [-0.4, -0.2) is 20.6 Å². The number of aromatic carboxylic acids is 1. The fourth-order valence-corrected chi connectivity index (χ4v) is 4.09. The van der Waals surface area contributed by atoms with Gasteiger partial charge in [0.25, 0.3) is 5.56 Å². The Morgan fingerprint density at radius 3 is 2.83 bits per heavy atom. The van der Waals surface area contributed by atoms with Crippen LogP contribution in [0.4, 0.5) is 0 Å². The molecule has 1 aliphatic carbocycles. The predicted molar refractivity (Wildman–Crippen MR) is 93.4 cm³/mol. The van der Waals surface area contributed by atoms with Crippen molar-refractivity contribution >= 4 is 17.0 Å². The zero-order valence-electron chi connectivity index (χ0n) is 14.2. The molecule has 0 spiro atoms. The van der Waals surface area contributed by atoms with Crippen molar-refractivity contribution in [3.63, 3.8) is 0 Å². The minimum atomic E-state index is -1.27. The lowest BCUT2D eigenvalue weighted by molar-refractivity contribution is 0.0688. The van der Waals surface area contributed by atoms with Crippen molar-refractivity contribution in [3.8, 4) is 0 Å². The van der Waals surface area contributed by atoms with Crippen LogP contribution in [0.1, 0.15) is 62.5 Å².